The van der Waals surface area contributed by atoms with Crippen molar-refractivity contribution in [1.29, 1.82) is 0 Å². The summed E-state index contributed by atoms with van der Waals surface area (Å²) in [5.74, 6) is -0.524. The molecule has 37 heavy (non-hydrogen) atoms. The number of hydrogen-bond donors (Lipinski definition) is 2. The number of hydrogen-bond acceptors (Lipinski definition) is 6. The first-order chi connectivity index (χ1) is 17.4. The number of nitrogens with zero attached hydrogens (tertiary/aromatic N) is 3. The van der Waals surface area contributed by atoms with Crippen molar-refractivity contribution in [2.45, 2.75) is 19.5 Å². The zero-order valence-corrected chi connectivity index (χ0v) is 19.3. The van der Waals surface area contributed by atoms with Gasteiger partial charge in [0.2, 0.25) is 0 Å². The average molecular weight is 523 g/mol. The third kappa shape index (κ3) is 6.63. The van der Waals surface area contributed by atoms with Gasteiger partial charge in [0.1, 0.15) is 23.1 Å². The molecule has 0 spiro atoms. The molecule has 0 bridgehead atoms. The number of nitrogens with one attached hydrogen (secondary N) is 2. The van der Waals surface area contributed by atoms with E-state index in [2.05, 4.69) is 25.3 Å². The maximum Gasteiger partial charge on any atom is 0.573 e. The first kappa shape index (κ1) is 25.7. The van der Waals surface area contributed by atoms with Gasteiger partial charge in [0.25, 0.3) is 0 Å². The van der Waals surface area contributed by atoms with Crippen LogP contribution in [-0.4, -0.2) is 28.0 Å². The Kier molecular flexibility index (Phi) is 6.88. The SMILES string of the molecule is COc1cc(Nc2cc(C(F)(F)F)cc(Nc3cccc(OC(F)(F)F)c3)n2)ccc1-n1cnc(C)c1. The zero-order valence-electron chi connectivity index (χ0n) is 19.3. The fourth-order valence-electron chi connectivity index (χ4n) is 3.41. The van der Waals surface area contributed by atoms with Crippen LogP contribution in [0.5, 0.6) is 11.5 Å². The summed E-state index contributed by atoms with van der Waals surface area (Å²) in [6, 6.07) is 11.1. The molecule has 0 radical (unpaired) electrons. The lowest BCUT2D eigenvalue weighted by Gasteiger charge is -2.16. The van der Waals surface area contributed by atoms with Gasteiger partial charge in [-0.1, -0.05) is 6.07 Å². The highest BCUT2D eigenvalue weighted by Crippen LogP contribution is 2.35. The van der Waals surface area contributed by atoms with Gasteiger partial charge in [0.15, 0.2) is 0 Å². The summed E-state index contributed by atoms with van der Waals surface area (Å²) >= 11 is 0. The summed E-state index contributed by atoms with van der Waals surface area (Å²) < 4.78 is 89.3. The van der Waals surface area contributed by atoms with Crippen molar-refractivity contribution in [3.63, 3.8) is 0 Å². The Morgan fingerprint density at radius 1 is 0.865 bits per heavy atom. The topological polar surface area (TPSA) is 73.2 Å². The number of imidazole rings is 1. The molecule has 13 heteroatoms. The van der Waals surface area contributed by atoms with Crippen LogP contribution in [0.2, 0.25) is 0 Å². The van der Waals surface area contributed by atoms with Crippen molar-refractivity contribution in [2.24, 2.45) is 0 Å². The van der Waals surface area contributed by atoms with Gasteiger partial charge in [-0.3, -0.25) is 0 Å². The van der Waals surface area contributed by atoms with E-state index in [1.54, 1.807) is 35.3 Å². The number of benzene rings is 2. The second-order valence-corrected chi connectivity index (χ2v) is 7.76. The average Bonchev–Trinajstić information content (AvgIpc) is 3.23. The summed E-state index contributed by atoms with van der Waals surface area (Å²) in [5.41, 5.74) is 0.853. The predicted molar refractivity (Wildman–Crippen MR) is 124 cm³/mol. The molecule has 0 aliphatic rings. The molecule has 2 N–H and O–H groups in total. The molecule has 2 aromatic heterocycles. The maximum atomic E-state index is 13.6. The largest absolute Gasteiger partial charge is 0.573 e. The van der Waals surface area contributed by atoms with Crippen LogP contribution in [0.3, 0.4) is 0 Å². The van der Waals surface area contributed by atoms with E-state index in [0.717, 1.165) is 30.0 Å². The number of aromatic nitrogens is 3. The fraction of sp³-hybridized carbons (Fsp3) is 0.167. The van der Waals surface area contributed by atoms with Crippen molar-refractivity contribution in [3.8, 4) is 17.2 Å². The van der Waals surface area contributed by atoms with Gasteiger partial charge < -0.3 is 24.7 Å². The highest BCUT2D eigenvalue weighted by molar-refractivity contribution is 5.66. The van der Waals surface area contributed by atoms with E-state index < -0.39 is 23.9 Å². The molecular weight excluding hydrogens is 504 g/mol. The second kappa shape index (κ2) is 9.91. The number of methoxy groups -OCH3 is 1. The lowest BCUT2D eigenvalue weighted by Crippen LogP contribution is -2.17. The number of alkyl halides is 6. The monoisotopic (exact) mass is 523 g/mol. The van der Waals surface area contributed by atoms with Crippen LogP contribution in [0, 0.1) is 6.92 Å². The highest BCUT2D eigenvalue weighted by Gasteiger charge is 2.32. The van der Waals surface area contributed by atoms with Gasteiger partial charge in [0.05, 0.1) is 30.4 Å². The van der Waals surface area contributed by atoms with Crippen LogP contribution >= 0.6 is 0 Å². The number of anilines is 4. The zero-order chi connectivity index (χ0) is 26.8. The standard InChI is InChI=1S/C24H19F6N5O2/c1-14-12-35(13-31-14)19-7-6-17(11-20(19)36-2)33-22-9-15(23(25,26)27)8-21(34-22)32-16-4-3-5-18(10-16)37-24(28,29)30/h3-13H,1-2H3,(H2,32,33,34). The molecule has 0 aliphatic heterocycles. The van der Waals surface area contributed by atoms with Crippen LogP contribution in [0.15, 0.2) is 67.1 Å². The van der Waals surface area contributed by atoms with Crippen molar-refractivity contribution < 1.29 is 35.8 Å². The Hall–Kier alpha value is -4.42. The van der Waals surface area contributed by atoms with E-state index in [9.17, 15) is 26.3 Å². The van der Waals surface area contributed by atoms with E-state index in [1.165, 1.54) is 19.2 Å². The lowest BCUT2D eigenvalue weighted by molar-refractivity contribution is -0.274. The van der Waals surface area contributed by atoms with Gasteiger partial charge in [-0.05, 0) is 43.3 Å². The third-order valence-electron chi connectivity index (χ3n) is 4.93. The Morgan fingerprint density at radius 2 is 1.54 bits per heavy atom. The summed E-state index contributed by atoms with van der Waals surface area (Å²) in [6.45, 7) is 1.82. The molecule has 4 aromatic rings. The normalized spacial score (nSPS) is 11.8. The van der Waals surface area contributed by atoms with Gasteiger partial charge >= 0.3 is 12.5 Å². The molecular formula is C24H19F6N5O2. The van der Waals surface area contributed by atoms with Gasteiger partial charge in [0, 0.05) is 29.7 Å². The highest BCUT2D eigenvalue weighted by atomic mass is 19.4. The van der Waals surface area contributed by atoms with Crippen molar-refractivity contribution >= 4 is 23.0 Å². The van der Waals surface area contributed by atoms with E-state index in [1.807, 2.05) is 6.92 Å². The molecule has 194 valence electrons. The van der Waals surface area contributed by atoms with Crippen molar-refractivity contribution in [1.82, 2.24) is 14.5 Å². The van der Waals surface area contributed by atoms with Crippen molar-refractivity contribution in [2.75, 3.05) is 17.7 Å². The van der Waals surface area contributed by atoms with E-state index >= 15 is 0 Å². The number of ether oxygens (including phenoxy) is 2. The Balaban J connectivity index is 1.64. The van der Waals surface area contributed by atoms with Crippen LogP contribution in [-0.2, 0) is 6.18 Å². The molecule has 0 fully saturated rings. The van der Waals surface area contributed by atoms with Gasteiger partial charge in [-0.25, -0.2) is 9.97 Å². The Labute approximate surface area is 206 Å². The van der Waals surface area contributed by atoms with E-state index in [-0.39, 0.29) is 17.3 Å². The number of rotatable bonds is 7. The lowest BCUT2D eigenvalue weighted by atomic mass is 10.2. The number of halogens is 6. The first-order valence-corrected chi connectivity index (χ1v) is 10.6. The van der Waals surface area contributed by atoms with Crippen LogP contribution in [0.4, 0.5) is 49.4 Å². The quantitative estimate of drug-likeness (QED) is 0.255. The molecule has 2 heterocycles. The molecule has 0 saturated carbocycles. The summed E-state index contributed by atoms with van der Waals surface area (Å²) in [4.78, 5) is 8.30. The Bertz CT molecular complexity index is 1400. The second-order valence-electron chi connectivity index (χ2n) is 7.76. The van der Waals surface area contributed by atoms with Crippen LogP contribution < -0.4 is 20.1 Å². The van der Waals surface area contributed by atoms with Crippen molar-refractivity contribution in [3.05, 3.63) is 78.4 Å². The molecule has 4 rings (SSSR count). The van der Waals surface area contributed by atoms with Gasteiger partial charge in [-0.15, -0.1) is 13.2 Å². The van der Waals surface area contributed by atoms with E-state index in [4.69, 9.17) is 4.74 Å². The predicted octanol–water partition coefficient (Wildman–Crippen LogP) is 6.99. The summed E-state index contributed by atoms with van der Waals surface area (Å²) in [7, 11) is 1.45. The first-order valence-electron chi connectivity index (χ1n) is 10.6. The minimum absolute atomic E-state index is 0.0428. The number of aryl methyl sites for hydroxylation is 1. The molecule has 0 atom stereocenters. The molecule has 0 unspecified atom stereocenters. The molecule has 7 nitrogen and oxygen atoms in total. The summed E-state index contributed by atoms with van der Waals surface area (Å²) in [6.07, 6.45) is -6.25. The molecule has 0 saturated heterocycles. The smallest absolute Gasteiger partial charge is 0.494 e. The third-order valence-corrected chi connectivity index (χ3v) is 4.93. The molecule has 0 amide bonds. The van der Waals surface area contributed by atoms with Gasteiger partial charge in [-0.2, -0.15) is 13.2 Å². The molecule has 2 aromatic carbocycles. The van der Waals surface area contributed by atoms with Crippen LogP contribution in [0.1, 0.15) is 11.3 Å². The molecule has 0 aliphatic carbocycles. The number of pyridine rings is 1. The minimum atomic E-state index is -4.92. The maximum absolute atomic E-state index is 13.6. The fourth-order valence-corrected chi connectivity index (χ4v) is 3.41. The van der Waals surface area contributed by atoms with Crippen LogP contribution in [0.25, 0.3) is 5.69 Å². The Morgan fingerprint density at radius 3 is 2.11 bits per heavy atom. The van der Waals surface area contributed by atoms with E-state index in [0.29, 0.717) is 17.1 Å². The minimum Gasteiger partial charge on any atom is -0.494 e. The summed E-state index contributed by atoms with van der Waals surface area (Å²) in [5, 5.41) is 5.40.